The van der Waals surface area contributed by atoms with Crippen LogP contribution in [0, 0.1) is 0 Å². The van der Waals surface area contributed by atoms with Crippen LogP contribution in [0.25, 0.3) is 0 Å². The number of rotatable bonds is 2. The van der Waals surface area contributed by atoms with Crippen molar-refractivity contribution < 1.29 is 34.1 Å². The van der Waals surface area contributed by atoms with E-state index in [1.807, 2.05) is 0 Å². The molecule has 0 amide bonds. The van der Waals surface area contributed by atoms with Gasteiger partial charge in [-0.1, -0.05) is 23.2 Å². The van der Waals surface area contributed by atoms with Crippen molar-refractivity contribution in [3.8, 4) is 0 Å². The molecule has 0 fully saturated rings. The fourth-order valence-corrected chi connectivity index (χ4v) is 0.415. The van der Waals surface area contributed by atoms with Gasteiger partial charge in [-0.25, -0.2) is 9.59 Å². The summed E-state index contributed by atoms with van der Waals surface area (Å²) < 4.78 is 8.10. The fraction of sp³-hybridized carbons (Fsp3) is 0.500. The Morgan fingerprint density at radius 3 is 1.36 bits per heavy atom. The molecule has 0 saturated heterocycles. The van der Waals surface area contributed by atoms with E-state index in [0.29, 0.717) is 0 Å². The Morgan fingerprint density at radius 1 is 1.00 bits per heavy atom. The van der Waals surface area contributed by atoms with E-state index in [-0.39, 0.29) is 12.1 Å². The first-order valence-electron chi connectivity index (χ1n) is 2.95. The number of ether oxygens (including phenoxy) is 2. The van der Waals surface area contributed by atoms with Gasteiger partial charge in [0, 0.05) is 0 Å². The number of hydrogen-bond donors (Lipinski definition) is 3. The van der Waals surface area contributed by atoms with Crippen LogP contribution in [0.2, 0.25) is 0 Å². The molecule has 10 heteroatoms. The van der Waals surface area contributed by atoms with Gasteiger partial charge in [0.1, 0.15) is 0 Å². The first kappa shape index (κ1) is 15.9. The van der Waals surface area contributed by atoms with Crippen molar-refractivity contribution in [2.75, 3.05) is 12.1 Å². The van der Waals surface area contributed by atoms with Crippen molar-refractivity contribution in [2.24, 2.45) is 0 Å². The molecular weight excluding hydrogens is 242 g/mol. The van der Waals surface area contributed by atoms with E-state index < -0.39 is 19.3 Å². The summed E-state index contributed by atoms with van der Waals surface area (Å²) in [5.41, 5.74) is 0. The monoisotopic (exact) mass is 248 g/mol. The Labute approximate surface area is 89.3 Å². The molecule has 0 aliphatic carbocycles. The molecule has 0 spiro atoms. The highest BCUT2D eigenvalue weighted by molar-refractivity contribution is 6.31. The third-order valence-corrected chi connectivity index (χ3v) is 0.756. The Hall–Kier alpha value is -0.535. The van der Waals surface area contributed by atoms with Gasteiger partial charge in [0.25, 0.3) is 0 Å². The largest absolute Gasteiger partial charge is 0.631 e. The Kier molecular flexibility index (Phi) is 12.0. The molecule has 82 valence electrons. The van der Waals surface area contributed by atoms with Gasteiger partial charge >= 0.3 is 19.3 Å². The van der Waals surface area contributed by atoms with Crippen molar-refractivity contribution in [1.29, 1.82) is 0 Å². The highest BCUT2D eigenvalue weighted by Gasteiger charge is 2.15. The van der Waals surface area contributed by atoms with Crippen LogP contribution in [0.1, 0.15) is 0 Å². The van der Waals surface area contributed by atoms with Crippen LogP contribution < -0.4 is 0 Å². The second kappa shape index (κ2) is 10.5. The molecular formula is C4H7BCl2O7. The maximum absolute atomic E-state index is 10.3. The van der Waals surface area contributed by atoms with Gasteiger partial charge in [0.15, 0.2) is 12.1 Å². The summed E-state index contributed by atoms with van der Waals surface area (Å²) in [4.78, 5) is 20.6. The minimum atomic E-state index is -2.17. The molecule has 0 aliphatic heterocycles. The van der Waals surface area contributed by atoms with E-state index in [1.54, 1.807) is 0 Å². The normalized spacial score (nSPS) is 8.07. The summed E-state index contributed by atoms with van der Waals surface area (Å²) in [6.45, 7) is 0. The van der Waals surface area contributed by atoms with E-state index in [4.69, 9.17) is 38.3 Å². The van der Waals surface area contributed by atoms with Gasteiger partial charge in [0.05, 0.1) is 0 Å². The zero-order valence-corrected chi connectivity index (χ0v) is 8.23. The van der Waals surface area contributed by atoms with Crippen molar-refractivity contribution in [2.45, 2.75) is 0 Å². The van der Waals surface area contributed by atoms with Crippen LogP contribution in [0.5, 0.6) is 0 Å². The van der Waals surface area contributed by atoms with Crippen LogP contribution in [0.15, 0.2) is 0 Å². The lowest BCUT2D eigenvalue weighted by atomic mass is 10.3. The van der Waals surface area contributed by atoms with Crippen molar-refractivity contribution >= 4 is 42.5 Å². The molecule has 0 aromatic heterocycles. The van der Waals surface area contributed by atoms with Gasteiger partial charge in [-0.05, 0) is 0 Å². The molecule has 0 radical (unpaired) electrons. The molecule has 0 bridgehead atoms. The van der Waals surface area contributed by atoms with Gasteiger partial charge in [-0.15, -0.1) is 0 Å². The molecule has 0 rings (SSSR count). The van der Waals surface area contributed by atoms with Gasteiger partial charge in [0.2, 0.25) is 0 Å². The summed E-state index contributed by atoms with van der Waals surface area (Å²) in [7, 11) is -2.17. The highest BCUT2D eigenvalue weighted by Crippen LogP contribution is 1.87. The van der Waals surface area contributed by atoms with Crippen LogP contribution >= 0.6 is 23.2 Å². The molecule has 0 aromatic rings. The van der Waals surface area contributed by atoms with Crippen LogP contribution in [0.4, 0.5) is 0 Å². The summed E-state index contributed by atoms with van der Waals surface area (Å²) in [5.74, 6) is -2.29. The Bertz CT molecular complexity index is 156. The fourth-order valence-electron chi connectivity index (χ4n) is 0.217. The SMILES string of the molecule is O=C(OCCl)C(=O)OCCl.OB(O)O. The van der Waals surface area contributed by atoms with E-state index in [2.05, 4.69) is 9.47 Å². The molecule has 0 aliphatic rings. The number of alkyl halides is 2. The highest BCUT2D eigenvalue weighted by atomic mass is 35.5. The maximum atomic E-state index is 10.3. The summed E-state index contributed by atoms with van der Waals surface area (Å²) in [5, 5.41) is 21.5. The summed E-state index contributed by atoms with van der Waals surface area (Å²) in [6, 6.07) is -0.758. The predicted molar refractivity (Wildman–Crippen MR) is 46.0 cm³/mol. The number of carbonyl (C=O) groups is 2. The van der Waals surface area contributed by atoms with E-state index in [1.165, 1.54) is 0 Å². The quantitative estimate of drug-likeness (QED) is 0.234. The Morgan fingerprint density at radius 2 is 1.21 bits per heavy atom. The predicted octanol–water partition coefficient (Wildman–Crippen LogP) is -1.59. The average molecular weight is 249 g/mol. The topological polar surface area (TPSA) is 113 Å². The molecule has 0 aromatic carbocycles. The van der Waals surface area contributed by atoms with Crippen LogP contribution in [-0.4, -0.2) is 46.5 Å². The van der Waals surface area contributed by atoms with Gasteiger partial charge in [-0.3, -0.25) is 0 Å². The zero-order chi connectivity index (χ0) is 11.6. The lowest BCUT2D eigenvalue weighted by Crippen LogP contribution is -2.19. The third-order valence-electron chi connectivity index (χ3n) is 0.538. The Balaban J connectivity index is 0. The zero-order valence-electron chi connectivity index (χ0n) is 6.72. The standard InChI is InChI=1S/C4H4Cl2O4.BH3O3/c5-1-9-3(7)4(8)10-2-6;2-1(3)4/h1-2H2;2-4H. The molecule has 3 N–H and O–H groups in total. The molecule has 0 atom stereocenters. The third kappa shape index (κ3) is 14.0. The van der Waals surface area contributed by atoms with E-state index >= 15 is 0 Å². The second-order valence-electron chi connectivity index (χ2n) is 1.43. The van der Waals surface area contributed by atoms with Crippen LogP contribution in [-0.2, 0) is 19.1 Å². The van der Waals surface area contributed by atoms with Crippen molar-refractivity contribution in [3.05, 3.63) is 0 Å². The molecule has 7 nitrogen and oxygen atoms in total. The van der Waals surface area contributed by atoms with Crippen molar-refractivity contribution in [1.82, 2.24) is 0 Å². The minimum Gasteiger partial charge on any atom is -0.441 e. The van der Waals surface area contributed by atoms with Gasteiger partial charge < -0.3 is 24.5 Å². The summed E-state index contributed by atoms with van der Waals surface area (Å²) >= 11 is 9.91. The molecule has 0 saturated carbocycles. The average Bonchev–Trinajstić information content (AvgIpc) is 2.04. The molecule has 0 heterocycles. The lowest BCUT2D eigenvalue weighted by molar-refractivity contribution is -0.165. The number of carbonyl (C=O) groups excluding carboxylic acids is 2. The first-order valence-corrected chi connectivity index (χ1v) is 4.02. The lowest BCUT2D eigenvalue weighted by Gasteiger charge is -1.97. The smallest absolute Gasteiger partial charge is 0.441 e. The minimum absolute atomic E-state index is 0.379. The number of halogens is 2. The first-order chi connectivity index (χ1) is 6.45. The molecule has 0 unspecified atom stereocenters. The van der Waals surface area contributed by atoms with E-state index in [9.17, 15) is 9.59 Å². The van der Waals surface area contributed by atoms with Gasteiger partial charge in [-0.2, -0.15) is 0 Å². The number of esters is 2. The second-order valence-corrected chi connectivity index (χ2v) is 1.86. The summed E-state index contributed by atoms with van der Waals surface area (Å²) in [6.07, 6.45) is 0. The van der Waals surface area contributed by atoms with E-state index in [0.717, 1.165) is 0 Å². The van der Waals surface area contributed by atoms with Crippen molar-refractivity contribution in [3.63, 3.8) is 0 Å². The molecule has 14 heavy (non-hydrogen) atoms. The maximum Gasteiger partial charge on any atom is 0.631 e. The van der Waals surface area contributed by atoms with Crippen LogP contribution in [0.3, 0.4) is 0 Å². The number of hydrogen-bond acceptors (Lipinski definition) is 7.